The summed E-state index contributed by atoms with van der Waals surface area (Å²) in [6.45, 7) is 4.31. The number of hydrogen-bond donors (Lipinski definition) is 1. The van der Waals surface area contributed by atoms with Crippen LogP contribution in [0.2, 0.25) is 0 Å². The third-order valence-corrected chi connectivity index (χ3v) is 6.77. The Labute approximate surface area is 203 Å². The van der Waals surface area contributed by atoms with E-state index in [4.69, 9.17) is 9.47 Å². The van der Waals surface area contributed by atoms with E-state index < -0.39 is 18.0 Å². The minimum absolute atomic E-state index is 0.0114. The molecular formula is C26H28N4O5. The summed E-state index contributed by atoms with van der Waals surface area (Å²) in [5.41, 5.74) is 3.82. The van der Waals surface area contributed by atoms with Gasteiger partial charge in [0, 0.05) is 31.9 Å². The topological polar surface area (TPSA) is 91.4 Å². The Morgan fingerprint density at radius 3 is 2.37 bits per heavy atom. The molecule has 3 amide bonds. The highest BCUT2D eigenvalue weighted by atomic mass is 16.5. The minimum Gasteiger partial charge on any atom is -0.497 e. The highest BCUT2D eigenvalue weighted by molar-refractivity contribution is 5.98. The smallest absolute Gasteiger partial charge is 0.338 e. The van der Waals surface area contributed by atoms with Crippen molar-refractivity contribution in [2.24, 2.45) is 0 Å². The van der Waals surface area contributed by atoms with Crippen LogP contribution in [0.4, 0.5) is 10.5 Å². The van der Waals surface area contributed by atoms with Gasteiger partial charge in [-0.1, -0.05) is 29.8 Å². The number of aryl methyl sites for hydroxylation is 1. The van der Waals surface area contributed by atoms with Crippen LogP contribution in [-0.4, -0.2) is 74.1 Å². The fourth-order valence-corrected chi connectivity index (χ4v) is 4.73. The third-order valence-electron chi connectivity index (χ3n) is 6.77. The molecule has 9 heteroatoms. The number of rotatable bonds is 5. The number of anilines is 1. The van der Waals surface area contributed by atoms with Crippen molar-refractivity contribution in [1.29, 1.82) is 0 Å². The second-order valence-corrected chi connectivity index (χ2v) is 8.88. The number of piperazine rings is 1. The summed E-state index contributed by atoms with van der Waals surface area (Å²) in [5.74, 6) is 0.181. The van der Waals surface area contributed by atoms with Crippen molar-refractivity contribution in [3.8, 4) is 5.75 Å². The average molecular weight is 477 g/mol. The van der Waals surface area contributed by atoms with E-state index in [0.717, 1.165) is 22.6 Å². The molecule has 3 aliphatic heterocycles. The number of nitrogens with zero attached hydrogens (tertiary/aromatic N) is 3. The van der Waals surface area contributed by atoms with Gasteiger partial charge in [-0.15, -0.1) is 0 Å². The zero-order valence-corrected chi connectivity index (χ0v) is 19.8. The van der Waals surface area contributed by atoms with Crippen LogP contribution in [0.15, 0.2) is 59.8 Å². The monoisotopic (exact) mass is 476 g/mol. The van der Waals surface area contributed by atoms with Crippen LogP contribution in [0.5, 0.6) is 5.75 Å². The fourth-order valence-electron chi connectivity index (χ4n) is 4.73. The molecule has 2 aromatic rings. The van der Waals surface area contributed by atoms with Crippen LogP contribution in [0, 0.1) is 6.92 Å². The second-order valence-electron chi connectivity index (χ2n) is 8.88. The Balaban J connectivity index is 1.27. The summed E-state index contributed by atoms with van der Waals surface area (Å²) in [6, 6.07) is 14.5. The maximum absolute atomic E-state index is 13.1. The predicted molar refractivity (Wildman–Crippen MR) is 129 cm³/mol. The van der Waals surface area contributed by atoms with Gasteiger partial charge in [-0.3, -0.25) is 9.69 Å². The zero-order chi connectivity index (χ0) is 24.5. The van der Waals surface area contributed by atoms with Gasteiger partial charge in [-0.05, 0) is 36.8 Å². The van der Waals surface area contributed by atoms with E-state index in [-0.39, 0.29) is 19.1 Å². The molecule has 3 aliphatic rings. The van der Waals surface area contributed by atoms with Crippen molar-refractivity contribution in [3.05, 3.63) is 70.9 Å². The summed E-state index contributed by atoms with van der Waals surface area (Å²) < 4.78 is 10.5. The molecule has 9 nitrogen and oxygen atoms in total. The highest BCUT2D eigenvalue weighted by Crippen LogP contribution is 2.35. The summed E-state index contributed by atoms with van der Waals surface area (Å²) in [7, 11) is 1.64. The van der Waals surface area contributed by atoms with Crippen LogP contribution >= 0.6 is 0 Å². The molecule has 5 rings (SSSR count). The Morgan fingerprint density at radius 2 is 1.71 bits per heavy atom. The number of esters is 1. The van der Waals surface area contributed by atoms with Crippen LogP contribution in [0.25, 0.3) is 0 Å². The summed E-state index contributed by atoms with van der Waals surface area (Å²) in [5, 5.41) is 2.89. The van der Waals surface area contributed by atoms with E-state index >= 15 is 0 Å². The number of cyclic esters (lactones) is 1. The molecule has 1 saturated heterocycles. The molecule has 2 aromatic carbocycles. The molecule has 0 radical (unpaired) electrons. The summed E-state index contributed by atoms with van der Waals surface area (Å²) in [4.78, 5) is 44.0. The molecule has 0 bridgehead atoms. The molecule has 1 fully saturated rings. The van der Waals surface area contributed by atoms with Gasteiger partial charge in [0.25, 0.3) is 0 Å². The van der Waals surface area contributed by atoms with Crippen LogP contribution < -0.4 is 15.0 Å². The number of urea groups is 1. The number of benzene rings is 2. The first kappa shape index (κ1) is 22.8. The molecule has 35 heavy (non-hydrogen) atoms. The number of ether oxygens (including phenoxy) is 2. The lowest BCUT2D eigenvalue weighted by atomic mass is 9.95. The summed E-state index contributed by atoms with van der Waals surface area (Å²) in [6.07, 6.45) is 0. The van der Waals surface area contributed by atoms with Crippen molar-refractivity contribution in [3.63, 3.8) is 0 Å². The lowest BCUT2D eigenvalue weighted by Crippen LogP contribution is -2.54. The Bertz CT molecular complexity index is 1170. The Kier molecular flexibility index (Phi) is 6.07. The van der Waals surface area contributed by atoms with E-state index in [1.54, 1.807) is 12.0 Å². The van der Waals surface area contributed by atoms with Crippen LogP contribution in [0.1, 0.15) is 17.2 Å². The number of methoxy groups -OCH3 is 1. The van der Waals surface area contributed by atoms with Crippen LogP contribution in [-0.2, 0) is 14.3 Å². The van der Waals surface area contributed by atoms with E-state index in [0.29, 0.717) is 37.4 Å². The number of carbonyl (C=O) groups excluding carboxylic acids is 3. The molecular weight excluding hydrogens is 448 g/mol. The van der Waals surface area contributed by atoms with Gasteiger partial charge in [0.05, 0.1) is 24.4 Å². The van der Waals surface area contributed by atoms with Gasteiger partial charge in [-0.25, -0.2) is 9.59 Å². The summed E-state index contributed by atoms with van der Waals surface area (Å²) >= 11 is 0. The molecule has 0 saturated carbocycles. The molecule has 0 unspecified atom stereocenters. The van der Waals surface area contributed by atoms with Gasteiger partial charge in [-0.2, -0.15) is 0 Å². The predicted octanol–water partition coefficient (Wildman–Crippen LogP) is 2.23. The first-order valence-electron chi connectivity index (χ1n) is 11.7. The first-order valence-corrected chi connectivity index (χ1v) is 11.7. The van der Waals surface area contributed by atoms with Crippen molar-refractivity contribution < 1.29 is 23.9 Å². The SMILES string of the molecule is COc1ccc(N2CCN(C(=O)CN3C(=O)N[C@H](c4ccc(C)cc4)C4=C3COC4=O)CC2)cc1. The zero-order valence-electron chi connectivity index (χ0n) is 19.8. The van der Waals surface area contributed by atoms with Crippen molar-refractivity contribution >= 4 is 23.6 Å². The van der Waals surface area contributed by atoms with E-state index in [2.05, 4.69) is 10.2 Å². The Morgan fingerprint density at radius 1 is 1.03 bits per heavy atom. The van der Waals surface area contributed by atoms with Crippen molar-refractivity contribution in [2.75, 3.05) is 51.3 Å². The standard InChI is InChI=1S/C26H28N4O5/c1-17-3-5-18(6-4-17)24-23-21(16-35-25(23)32)30(26(33)27-24)15-22(31)29-13-11-28(12-14-29)19-7-9-20(34-2)10-8-19/h3-10,24H,11-16H2,1-2H3,(H,27,33)/t24-/m1/s1. The van der Waals surface area contributed by atoms with Gasteiger partial charge in [0.2, 0.25) is 5.91 Å². The van der Waals surface area contributed by atoms with Crippen molar-refractivity contribution in [2.45, 2.75) is 13.0 Å². The van der Waals surface area contributed by atoms with Gasteiger partial charge < -0.3 is 24.6 Å². The highest BCUT2D eigenvalue weighted by Gasteiger charge is 2.43. The molecule has 182 valence electrons. The van der Waals surface area contributed by atoms with E-state index in [1.165, 1.54) is 4.90 Å². The Hall–Kier alpha value is -4.01. The maximum Gasteiger partial charge on any atom is 0.338 e. The lowest BCUT2D eigenvalue weighted by molar-refractivity contribution is -0.136. The van der Waals surface area contributed by atoms with E-state index in [9.17, 15) is 14.4 Å². The van der Waals surface area contributed by atoms with Gasteiger partial charge in [0.15, 0.2) is 0 Å². The van der Waals surface area contributed by atoms with Gasteiger partial charge >= 0.3 is 12.0 Å². The van der Waals surface area contributed by atoms with Gasteiger partial charge in [0.1, 0.15) is 18.9 Å². The lowest BCUT2D eigenvalue weighted by Gasteiger charge is -2.38. The molecule has 1 atom stereocenters. The fraction of sp³-hybridized carbons (Fsp3) is 0.346. The number of hydrogen-bond acceptors (Lipinski definition) is 6. The third kappa shape index (κ3) is 4.41. The largest absolute Gasteiger partial charge is 0.497 e. The first-order chi connectivity index (χ1) is 16.9. The van der Waals surface area contributed by atoms with Crippen LogP contribution in [0.3, 0.4) is 0 Å². The quantitative estimate of drug-likeness (QED) is 0.666. The van der Waals surface area contributed by atoms with E-state index in [1.807, 2.05) is 55.5 Å². The maximum atomic E-state index is 13.1. The molecule has 0 spiro atoms. The normalized spacial score (nSPS) is 19.9. The molecule has 3 heterocycles. The minimum atomic E-state index is -0.590. The molecule has 0 aliphatic carbocycles. The second kappa shape index (κ2) is 9.32. The molecule has 0 aromatic heterocycles. The van der Waals surface area contributed by atoms with Crippen molar-refractivity contribution in [1.82, 2.24) is 15.1 Å². The number of amides is 3. The molecule has 1 N–H and O–H groups in total. The average Bonchev–Trinajstić information content (AvgIpc) is 3.27. The number of nitrogens with one attached hydrogen (secondary N) is 1. The number of carbonyl (C=O) groups is 3.